The first-order chi connectivity index (χ1) is 14.7. The van der Waals surface area contributed by atoms with Crippen LogP contribution in [0.5, 0.6) is 0 Å². The number of anilines is 2. The maximum Gasteiger partial charge on any atom is 0.303 e. The van der Waals surface area contributed by atoms with E-state index >= 15 is 0 Å². The minimum Gasteiger partial charge on any atom is -0.349 e. The number of pyridine rings is 1. The van der Waals surface area contributed by atoms with E-state index in [0.29, 0.717) is 23.4 Å². The summed E-state index contributed by atoms with van der Waals surface area (Å²) in [6, 6.07) is 4.01. The Bertz CT molecular complexity index is 1170. The number of aromatic nitrogens is 5. The molecule has 3 aromatic rings. The van der Waals surface area contributed by atoms with Crippen LogP contribution >= 0.6 is 0 Å². The molecule has 2 aliphatic heterocycles. The largest absolute Gasteiger partial charge is 0.349 e. The highest BCUT2D eigenvalue weighted by molar-refractivity contribution is 5.95. The summed E-state index contributed by atoms with van der Waals surface area (Å²) in [6.45, 7) is 3.93. The van der Waals surface area contributed by atoms with Gasteiger partial charge in [-0.05, 0) is 13.5 Å². The van der Waals surface area contributed by atoms with E-state index in [-0.39, 0.29) is 11.7 Å². The highest BCUT2D eigenvalue weighted by Gasteiger charge is 2.43. The lowest BCUT2D eigenvalue weighted by Gasteiger charge is -2.32. The standard InChI is InChI=1S/C20H22F2N8O/c1-11(31)25-16-7-15-14(8-24-16)18(29-10-12-6-13(29)9-28(12)3)27-30(15)17-4-5-23-19(26-17)20(2,21)22/h4-5,7-8,12-13H,6,9-10H2,1-3H3,(H,24,25,31). The monoisotopic (exact) mass is 428 g/mol. The van der Waals surface area contributed by atoms with E-state index < -0.39 is 11.7 Å². The molecule has 2 fully saturated rings. The van der Waals surface area contributed by atoms with Gasteiger partial charge in [-0.15, -0.1) is 5.10 Å². The van der Waals surface area contributed by atoms with Crippen molar-refractivity contribution < 1.29 is 13.6 Å². The van der Waals surface area contributed by atoms with Gasteiger partial charge in [0.15, 0.2) is 11.6 Å². The summed E-state index contributed by atoms with van der Waals surface area (Å²) in [4.78, 5) is 28.2. The van der Waals surface area contributed by atoms with Crippen LogP contribution in [0.3, 0.4) is 0 Å². The Kier molecular flexibility index (Phi) is 4.40. The summed E-state index contributed by atoms with van der Waals surface area (Å²) in [5.41, 5.74) is 0.619. The van der Waals surface area contributed by atoms with E-state index in [2.05, 4.69) is 37.1 Å². The number of fused-ring (bicyclic) bond motifs is 3. The molecule has 0 aromatic carbocycles. The van der Waals surface area contributed by atoms with E-state index in [1.165, 1.54) is 23.9 Å². The normalized spacial score (nSPS) is 21.3. The Labute approximate surface area is 177 Å². The first kappa shape index (κ1) is 19.7. The molecule has 2 unspecified atom stereocenters. The Morgan fingerprint density at radius 3 is 2.71 bits per heavy atom. The summed E-state index contributed by atoms with van der Waals surface area (Å²) in [5.74, 6) is -2.69. The molecule has 0 saturated carbocycles. The number of carbonyl (C=O) groups excluding carboxylic acids is 1. The maximum atomic E-state index is 13.8. The van der Waals surface area contributed by atoms with Gasteiger partial charge < -0.3 is 10.2 Å². The lowest BCUT2D eigenvalue weighted by atomic mass is 10.2. The van der Waals surface area contributed by atoms with Crippen molar-refractivity contribution in [3.05, 3.63) is 30.4 Å². The zero-order valence-electron chi connectivity index (χ0n) is 17.4. The fourth-order valence-electron chi connectivity index (χ4n) is 4.43. The van der Waals surface area contributed by atoms with Crippen LogP contribution in [-0.4, -0.2) is 67.8 Å². The molecule has 0 aliphatic carbocycles. The molecule has 9 nitrogen and oxygen atoms in total. The molecule has 5 rings (SSSR count). The number of nitrogens with one attached hydrogen (secondary N) is 1. The third-order valence-corrected chi connectivity index (χ3v) is 5.89. The Morgan fingerprint density at radius 2 is 2.06 bits per heavy atom. The molecule has 2 saturated heterocycles. The van der Waals surface area contributed by atoms with E-state index in [9.17, 15) is 13.6 Å². The van der Waals surface area contributed by atoms with Crippen molar-refractivity contribution >= 4 is 28.4 Å². The summed E-state index contributed by atoms with van der Waals surface area (Å²) >= 11 is 0. The lowest BCUT2D eigenvalue weighted by molar-refractivity contribution is -0.114. The Hall–Kier alpha value is -3.21. The molecule has 2 atom stereocenters. The average Bonchev–Trinajstić information content (AvgIpc) is 3.38. The number of amides is 1. The van der Waals surface area contributed by atoms with Crippen LogP contribution in [0.15, 0.2) is 24.5 Å². The molecule has 3 aromatic heterocycles. The zero-order valence-corrected chi connectivity index (χ0v) is 17.4. The molecule has 1 N–H and O–H groups in total. The molecule has 0 spiro atoms. The Balaban J connectivity index is 1.66. The molecule has 2 bridgehead atoms. The molecule has 11 heteroatoms. The van der Waals surface area contributed by atoms with E-state index in [0.717, 1.165) is 37.6 Å². The van der Waals surface area contributed by atoms with Crippen LogP contribution in [-0.2, 0) is 10.7 Å². The highest BCUT2D eigenvalue weighted by atomic mass is 19.3. The number of nitrogens with zero attached hydrogens (tertiary/aromatic N) is 7. The summed E-state index contributed by atoms with van der Waals surface area (Å²) in [7, 11) is 2.12. The van der Waals surface area contributed by atoms with Crippen LogP contribution in [0.4, 0.5) is 20.4 Å². The van der Waals surface area contributed by atoms with Crippen molar-refractivity contribution in [1.29, 1.82) is 0 Å². The van der Waals surface area contributed by atoms with Gasteiger partial charge in [0.25, 0.3) is 0 Å². The number of carbonyl (C=O) groups is 1. The topological polar surface area (TPSA) is 92.1 Å². The first-order valence-electron chi connectivity index (χ1n) is 10.1. The fourth-order valence-corrected chi connectivity index (χ4v) is 4.43. The van der Waals surface area contributed by atoms with E-state index in [1.54, 1.807) is 12.3 Å². The third kappa shape index (κ3) is 3.38. The van der Waals surface area contributed by atoms with Crippen molar-refractivity contribution in [2.45, 2.75) is 38.3 Å². The van der Waals surface area contributed by atoms with Crippen molar-refractivity contribution in [2.24, 2.45) is 0 Å². The minimum atomic E-state index is -3.18. The fraction of sp³-hybridized carbons (Fsp3) is 0.450. The smallest absolute Gasteiger partial charge is 0.303 e. The van der Waals surface area contributed by atoms with Gasteiger partial charge >= 0.3 is 5.92 Å². The van der Waals surface area contributed by atoms with Crippen LogP contribution < -0.4 is 10.2 Å². The molecular formula is C20H22F2N8O. The summed E-state index contributed by atoms with van der Waals surface area (Å²) in [5, 5.41) is 8.19. The molecule has 162 valence electrons. The van der Waals surface area contributed by atoms with Crippen molar-refractivity contribution in [1.82, 2.24) is 29.6 Å². The van der Waals surface area contributed by atoms with Gasteiger partial charge in [0.2, 0.25) is 11.7 Å². The van der Waals surface area contributed by atoms with E-state index in [4.69, 9.17) is 5.10 Å². The number of halogens is 2. The number of hydrogen-bond acceptors (Lipinski definition) is 7. The minimum absolute atomic E-state index is 0.226. The second-order valence-corrected chi connectivity index (χ2v) is 8.27. The third-order valence-electron chi connectivity index (χ3n) is 5.89. The van der Waals surface area contributed by atoms with Crippen LogP contribution in [0.25, 0.3) is 16.7 Å². The summed E-state index contributed by atoms with van der Waals surface area (Å²) < 4.78 is 29.2. The van der Waals surface area contributed by atoms with Gasteiger partial charge in [0.1, 0.15) is 5.82 Å². The average molecular weight is 428 g/mol. The van der Waals surface area contributed by atoms with Gasteiger partial charge in [-0.25, -0.2) is 19.6 Å². The Morgan fingerprint density at radius 1 is 1.26 bits per heavy atom. The number of rotatable bonds is 4. The summed E-state index contributed by atoms with van der Waals surface area (Å²) in [6.07, 6.45) is 4.01. The van der Waals surface area contributed by atoms with Crippen molar-refractivity contribution in [3.8, 4) is 5.82 Å². The molecule has 2 aliphatic rings. The number of hydrogen-bond donors (Lipinski definition) is 1. The van der Waals surface area contributed by atoms with Gasteiger partial charge in [-0.1, -0.05) is 0 Å². The quantitative estimate of drug-likeness (QED) is 0.681. The van der Waals surface area contributed by atoms with E-state index in [1.807, 2.05) is 0 Å². The molecule has 5 heterocycles. The molecule has 1 amide bonds. The molecule has 0 radical (unpaired) electrons. The molecular weight excluding hydrogens is 406 g/mol. The van der Waals surface area contributed by atoms with Crippen molar-refractivity contribution in [2.75, 3.05) is 30.4 Å². The predicted molar refractivity (Wildman–Crippen MR) is 110 cm³/mol. The number of likely N-dealkylation sites (N-methyl/N-ethyl adjacent to an activating group) is 1. The SMILES string of the molecule is CC(=O)Nc1cc2c(cn1)c(N1CC3CC1CN3C)nn2-c1ccnc(C(C)(F)F)n1. The van der Waals surface area contributed by atoms with Crippen LogP contribution in [0.2, 0.25) is 0 Å². The lowest BCUT2D eigenvalue weighted by Crippen LogP contribution is -2.44. The van der Waals surface area contributed by atoms with Crippen LogP contribution in [0, 0.1) is 0 Å². The van der Waals surface area contributed by atoms with Gasteiger partial charge in [-0.3, -0.25) is 9.69 Å². The maximum absolute atomic E-state index is 13.8. The highest BCUT2D eigenvalue weighted by Crippen LogP contribution is 2.37. The van der Waals surface area contributed by atoms with Gasteiger partial charge in [-0.2, -0.15) is 8.78 Å². The second-order valence-electron chi connectivity index (χ2n) is 8.27. The predicted octanol–water partition coefficient (Wildman–Crippen LogP) is 2.17. The molecule has 31 heavy (non-hydrogen) atoms. The van der Waals surface area contributed by atoms with Gasteiger partial charge in [0, 0.05) is 63.5 Å². The number of likely N-dealkylation sites (tertiary alicyclic amines) is 1. The van der Waals surface area contributed by atoms with Gasteiger partial charge in [0.05, 0.1) is 10.9 Å². The first-order valence-corrected chi connectivity index (χ1v) is 10.1. The zero-order chi connectivity index (χ0) is 21.9. The van der Waals surface area contributed by atoms with Crippen molar-refractivity contribution in [3.63, 3.8) is 0 Å². The number of alkyl halides is 2. The van der Waals surface area contributed by atoms with Crippen LogP contribution in [0.1, 0.15) is 26.1 Å². The second kappa shape index (κ2) is 6.91. The number of piperazine rings is 1.